The first kappa shape index (κ1) is 19.6. The van der Waals surface area contributed by atoms with E-state index in [1.54, 1.807) is 14.2 Å². The predicted molar refractivity (Wildman–Crippen MR) is 117 cm³/mol. The number of methoxy groups -OCH3 is 2. The summed E-state index contributed by atoms with van der Waals surface area (Å²) in [7, 11) is 3.36. The number of hydrogen-bond donors (Lipinski definition) is 0. The van der Waals surface area contributed by atoms with E-state index in [9.17, 15) is 0 Å². The molecular weight excluding hydrogens is 384 g/mol. The SMILES string of the molecule is COc1ccc(CN(Cc2ccc(OC)cc2)c2ccc(C3CC3)c(Cl)n2)cc1. The quantitative estimate of drug-likeness (QED) is 0.439. The van der Waals surface area contributed by atoms with E-state index in [0.717, 1.165) is 30.4 Å². The number of halogens is 1. The molecule has 0 spiro atoms. The summed E-state index contributed by atoms with van der Waals surface area (Å²) in [6, 6.07) is 20.5. The minimum Gasteiger partial charge on any atom is -0.497 e. The summed E-state index contributed by atoms with van der Waals surface area (Å²) < 4.78 is 10.6. The molecule has 0 atom stereocenters. The molecule has 0 aliphatic heterocycles. The van der Waals surface area contributed by atoms with Crippen LogP contribution >= 0.6 is 11.6 Å². The van der Waals surface area contributed by atoms with Gasteiger partial charge in [0.25, 0.3) is 0 Å². The van der Waals surface area contributed by atoms with E-state index >= 15 is 0 Å². The second kappa shape index (κ2) is 8.75. The minimum absolute atomic E-state index is 0.584. The topological polar surface area (TPSA) is 34.6 Å². The summed E-state index contributed by atoms with van der Waals surface area (Å²) in [5, 5.41) is 0.625. The van der Waals surface area contributed by atoms with Gasteiger partial charge in [0.2, 0.25) is 0 Å². The third-order valence-electron chi connectivity index (χ3n) is 5.27. The van der Waals surface area contributed by atoms with Crippen molar-refractivity contribution >= 4 is 17.4 Å². The van der Waals surface area contributed by atoms with Crippen LogP contribution in [-0.2, 0) is 13.1 Å². The third-order valence-corrected chi connectivity index (χ3v) is 5.57. The van der Waals surface area contributed by atoms with Crippen LogP contribution in [0.25, 0.3) is 0 Å². The third kappa shape index (κ3) is 4.83. The molecule has 1 fully saturated rings. The van der Waals surface area contributed by atoms with Gasteiger partial charge in [-0.25, -0.2) is 4.98 Å². The highest BCUT2D eigenvalue weighted by atomic mass is 35.5. The zero-order valence-corrected chi connectivity index (χ0v) is 17.5. The van der Waals surface area contributed by atoms with Gasteiger partial charge in [0.05, 0.1) is 14.2 Å². The molecule has 0 N–H and O–H groups in total. The van der Waals surface area contributed by atoms with Crippen LogP contribution in [0.1, 0.15) is 35.4 Å². The number of anilines is 1. The summed E-state index contributed by atoms with van der Waals surface area (Å²) in [4.78, 5) is 6.98. The van der Waals surface area contributed by atoms with Crippen molar-refractivity contribution in [3.8, 4) is 11.5 Å². The summed E-state index contributed by atoms with van der Waals surface area (Å²) in [6.07, 6.45) is 2.42. The van der Waals surface area contributed by atoms with Gasteiger partial charge in [0.1, 0.15) is 22.5 Å². The van der Waals surface area contributed by atoms with Gasteiger partial charge in [-0.05, 0) is 65.8 Å². The van der Waals surface area contributed by atoms with Crippen molar-refractivity contribution in [3.63, 3.8) is 0 Å². The Hall–Kier alpha value is -2.72. The Kier molecular flexibility index (Phi) is 5.91. The molecule has 1 aliphatic rings. The van der Waals surface area contributed by atoms with Crippen LogP contribution in [0.15, 0.2) is 60.7 Å². The lowest BCUT2D eigenvalue weighted by molar-refractivity contribution is 0.414. The molecule has 150 valence electrons. The maximum Gasteiger partial charge on any atom is 0.134 e. The van der Waals surface area contributed by atoms with Crippen molar-refractivity contribution in [1.82, 2.24) is 4.98 Å². The zero-order chi connectivity index (χ0) is 20.2. The largest absolute Gasteiger partial charge is 0.497 e. The lowest BCUT2D eigenvalue weighted by Gasteiger charge is -2.25. The highest BCUT2D eigenvalue weighted by Crippen LogP contribution is 2.43. The number of pyridine rings is 1. The molecule has 2 aromatic carbocycles. The van der Waals surface area contributed by atoms with Crippen LogP contribution in [0.3, 0.4) is 0 Å². The van der Waals surface area contributed by atoms with Gasteiger partial charge >= 0.3 is 0 Å². The van der Waals surface area contributed by atoms with Crippen molar-refractivity contribution in [3.05, 3.63) is 82.5 Å². The molecule has 0 radical (unpaired) electrons. The van der Waals surface area contributed by atoms with Crippen molar-refractivity contribution in [2.24, 2.45) is 0 Å². The van der Waals surface area contributed by atoms with Gasteiger partial charge in [-0.1, -0.05) is 41.9 Å². The summed E-state index contributed by atoms with van der Waals surface area (Å²) >= 11 is 6.52. The molecule has 5 heteroatoms. The first-order chi connectivity index (χ1) is 14.2. The van der Waals surface area contributed by atoms with Gasteiger partial charge in [-0.2, -0.15) is 0 Å². The molecule has 1 saturated carbocycles. The summed E-state index contributed by atoms with van der Waals surface area (Å²) in [5.74, 6) is 3.17. The second-order valence-corrected chi connectivity index (χ2v) is 7.73. The number of rotatable bonds is 8. The van der Waals surface area contributed by atoms with E-state index in [0.29, 0.717) is 11.1 Å². The van der Waals surface area contributed by atoms with E-state index < -0.39 is 0 Å². The Morgan fingerprint density at radius 1 is 0.828 bits per heavy atom. The molecule has 1 aromatic heterocycles. The fourth-order valence-corrected chi connectivity index (χ4v) is 3.73. The van der Waals surface area contributed by atoms with E-state index in [4.69, 9.17) is 26.1 Å². The number of nitrogens with zero attached hydrogens (tertiary/aromatic N) is 2. The lowest BCUT2D eigenvalue weighted by Crippen LogP contribution is -2.23. The Morgan fingerprint density at radius 2 is 1.34 bits per heavy atom. The molecule has 1 heterocycles. The monoisotopic (exact) mass is 408 g/mol. The maximum absolute atomic E-state index is 6.52. The van der Waals surface area contributed by atoms with E-state index in [-0.39, 0.29) is 0 Å². The standard InChI is InChI=1S/C24H25ClN2O2/c1-28-20-9-3-17(4-10-20)15-27(16-18-5-11-21(29-2)12-6-18)23-14-13-22(19-7-8-19)24(25)26-23/h3-6,9-14,19H,7-8,15-16H2,1-2H3. The van der Waals surface area contributed by atoms with Crippen molar-refractivity contribution in [1.29, 1.82) is 0 Å². The predicted octanol–water partition coefficient (Wildman–Crippen LogP) is 5.84. The number of ether oxygens (including phenoxy) is 2. The van der Waals surface area contributed by atoms with Gasteiger partial charge in [0.15, 0.2) is 0 Å². The Bertz CT molecular complexity index is 904. The number of hydrogen-bond acceptors (Lipinski definition) is 4. The first-order valence-corrected chi connectivity index (χ1v) is 10.2. The van der Waals surface area contributed by atoms with E-state index in [2.05, 4.69) is 41.3 Å². The van der Waals surface area contributed by atoms with Crippen LogP contribution in [0.2, 0.25) is 5.15 Å². The van der Waals surface area contributed by atoms with E-state index in [1.165, 1.54) is 29.5 Å². The average molecular weight is 409 g/mol. The number of aromatic nitrogens is 1. The van der Waals surface area contributed by atoms with Crippen LogP contribution in [-0.4, -0.2) is 19.2 Å². The first-order valence-electron chi connectivity index (χ1n) is 9.83. The Labute approximate surface area is 177 Å². The Morgan fingerprint density at radius 3 is 1.76 bits per heavy atom. The molecule has 0 amide bonds. The van der Waals surface area contributed by atoms with Gasteiger partial charge in [0, 0.05) is 13.1 Å². The molecule has 29 heavy (non-hydrogen) atoms. The molecule has 4 nitrogen and oxygen atoms in total. The normalized spacial score (nSPS) is 13.2. The Balaban J connectivity index is 1.60. The van der Waals surface area contributed by atoms with Crippen molar-refractivity contribution in [2.45, 2.75) is 31.8 Å². The zero-order valence-electron chi connectivity index (χ0n) is 16.8. The average Bonchev–Trinajstić information content (AvgIpc) is 3.59. The molecule has 4 rings (SSSR count). The van der Waals surface area contributed by atoms with Gasteiger partial charge in [-0.3, -0.25) is 0 Å². The van der Waals surface area contributed by atoms with Gasteiger partial charge in [-0.15, -0.1) is 0 Å². The van der Waals surface area contributed by atoms with E-state index in [1.807, 2.05) is 24.3 Å². The van der Waals surface area contributed by atoms with Crippen molar-refractivity contribution < 1.29 is 9.47 Å². The highest BCUT2D eigenvalue weighted by Gasteiger charge is 2.26. The minimum atomic E-state index is 0.584. The smallest absolute Gasteiger partial charge is 0.134 e. The molecule has 1 aliphatic carbocycles. The van der Waals surface area contributed by atoms with Gasteiger partial charge < -0.3 is 14.4 Å². The molecule has 0 saturated heterocycles. The summed E-state index contributed by atoms with van der Waals surface area (Å²) in [5.41, 5.74) is 3.54. The maximum atomic E-state index is 6.52. The fraction of sp³-hybridized carbons (Fsp3) is 0.292. The second-order valence-electron chi connectivity index (χ2n) is 7.38. The molecule has 3 aromatic rings. The van der Waals surface area contributed by atoms with Crippen LogP contribution in [0.5, 0.6) is 11.5 Å². The van der Waals surface area contributed by atoms with Crippen LogP contribution < -0.4 is 14.4 Å². The van der Waals surface area contributed by atoms with Crippen LogP contribution in [0.4, 0.5) is 5.82 Å². The molecule has 0 bridgehead atoms. The lowest BCUT2D eigenvalue weighted by atomic mass is 10.1. The van der Waals surface area contributed by atoms with Crippen LogP contribution in [0, 0.1) is 0 Å². The molecular formula is C24H25ClN2O2. The van der Waals surface area contributed by atoms with Crippen molar-refractivity contribution in [2.75, 3.05) is 19.1 Å². The number of benzene rings is 2. The molecule has 0 unspecified atom stereocenters. The fourth-order valence-electron chi connectivity index (χ4n) is 3.43. The summed E-state index contributed by atoms with van der Waals surface area (Å²) in [6.45, 7) is 1.45. The highest BCUT2D eigenvalue weighted by molar-refractivity contribution is 6.30.